The molecular formula is C27H28F2N6O2. The first kappa shape index (κ1) is 24.7. The molecule has 0 bridgehead atoms. The predicted octanol–water partition coefficient (Wildman–Crippen LogP) is 4.91. The summed E-state index contributed by atoms with van der Waals surface area (Å²) in [6, 6.07) is 5.37. The van der Waals surface area contributed by atoms with Crippen molar-refractivity contribution in [2.45, 2.75) is 53.5 Å². The van der Waals surface area contributed by atoms with Crippen LogP contribution >= 0.6 is 0 Å². The number of hydrogen-bond donors (Lipinski definition) is 0. The molecule has 0 aliphatic heterocycles. The highest BCUT2D eigenvalue weighted by Crippen LogP contribution is 2.34. The molecule has 0 saturated heterocycles. The largest absolute Gasteiger partial charge is 0.462 e. The van der Waals surface area contributed by atoms with Crippen LogP contribution in [0.3, 0.4) is 0 Å². The molecule has 1 aromatic carbocycles. The molecule has 0 amide bonds. The maximum atomic E-state index is 14.6. The van der Waals surface area contributed by atoms with Gasteiger partial charge < -0.3 is 4.74 Å². The van der Waals surface area contributed by atoms with Crippen LogP contribution in [0.15, 0.2) is 30.6 Å². The van der Waals surface area contributed by atoms with Crippen molar-refractivity contribution in [3.63, 3.8) is 0 Å². The average Bonchev–Trinajstić information content (AvgIpc) is 3.56. The van der Waals surface area contributed by atoms with Crippen molar-refractivity contribution in [1.29, 1.82) is 0 Å². The smallest absolute Gasteiger partial charge is 0.341 e. The van der Waals surface area contributed by atoms with E-state index in [1.165, 1.54) is 18.5 Å². The van der Waals surface area contributed by atoms with E-state index < -0.39 is 17.6 Å². The van der Waals surface area contributed by atoms with Crippen LogP contribution in [0.5, 0.6) is 0 Å². The number of rotatable bonds is 8. The molecule has 3 aromatic heterocycles. The Morgan fingerprint density at radius 3 is 2.59 bits per heavy atom. The number of ether oxygens (including phenoxy) is 1. The second kappa shape index (κ2) is 9.84. The standard InChI is InChI=1S/C27H28F2N6O2/c1-5-37-27(36)25-16(3)32-35(17(25)4)24-12-20(30-14-31-24)11-23-15(2)26(33-34(23)13-18-6-7-18)21-9-8-19(28)10-22(21)29/h8-10,12,14,18H,5-7,11,13H2,1-4H3. The van der Waals surface area contributed by atoms with Crippen molar-refractivity contribution in [3.8, 4) is 17.1 Å². The van der Waals surface area contributed by atoms with Crippen molar-refractivity contribution in [1.82, 2.24) is 29.5 Å². The fraction of sp³-hybridized carbons (Fsp3) is 0.370. The van der Waals surface area contributed by atoms with Gasteiger partial charge in [-0.05, 0) is 64.2 Å². The number of aryl methyl sites for hydroxylation is 1. The topological polar surface area (TPSA) is 87.7 Å². The van der Waals surface area contributed by atoms with Gasteiger partial charge in [0.2, 0.25) is 0 Å². The third-order valence-corrected chi connectivity index (χ3v) is 6.68. The molecule has 0 atom stereocenters. The first-order valence-corrected chi connectivity index (χ1v) is 12.3. The number of benzene rings is 1. The van der Waals surface area contributed by atoms with E-state index in [-0.39, 0.29) is 12.2 Å². The molecular weight excluding hydrogens is 478 g/mol. The van der Waals surface area contributed by atoms with Gasteiger partial charge in [-0.25, -0.2) is 28.2 Å². The Kier molecular flexibility index (Phi) is 6.57. The Bertz CT molecular complexity index is 1490. The van der Waals surface area contributed by atoms with Gasteiger partial charge in [0.15, 0.2) is 5.82 Å². The van der Waals surface area contributed by atoms with Gasteiger partial charge in [-0.1, -0.05) is 0 Å². The zero-order valence-corrected chi connectivity index (χ0v) is 21.3. The molecule has 8 nitrogen and oxygen atoms in total. The predicted molar refractivity (Wildman–Crippen MR) is 132 cm³/mol. The zero-order chi connectivity index (χ0) is 26.3. The maximum Gasteiger partial charge on any atom is 0.341 e. The van der Waals surface area contributed by atoms with E-state index >= 15 is 0 Å². The Hall–Kier alpha value is -3.95. The normalized spacial score (nSPS) is 13.2. The third kappa shape index (κ3) is 4.87. The lowest BCUT2D eigenvalue weighted by molar-refractivity contribution is 0.0524. The molecule has 3 heterocycles. The van der Waals surface area contributed by atoms with Crippen molar-refractivity contribution in [2.75, 3.05) is 6.61 Å². The maximum absolute atomic E-state index is 14.6. The number of carbonyl (C=O) groups is 1. The second-order valence-corrected chi connectivity index (χ2v) is 9.39. The minimum absolute atomic E-state index is 0.271. The van der Waals surface area contributed by atoms with Crippen LogP contribution in [-0.2, 0) is 17.7 Å². The number of hydrogen-bond acceptors (Lipinski definition) is 6. The van der Waals surface area contributed by atoms with Crippen molar-refractivity contribution < 1.29 is 18.3 Å². The van der Waals surface area contributed by atoms with Crippen LogP contribution in [0.2, 0.25) is 0 Å². The zero-order valence-electron chi connectivity index (χ0n) is 21.3. The molecule has 1 aliphatic carbocycles. The summed E-state index contributed by atoms with van der Waals surface area (Å²) in [6.45, 7) is 8.23. The van der Waals surface area contributed by atoms with E-state index in [2.05, 4.69) is 15.1 Å². The molecule has 4 aromatic rings. The average molecular weight is 507 g/mol. The Morgan fingerprint density at radius 2 is 1.89 bits per heavy atom. The van der Waals surface area contributed by atoms with Crippen molar-refractivity contribution in [2.24, 2.45) is 5.92 Å². The van der Waals surface area contributed by atoms with E-state index in [9.17, 15) is 13.6 Å². The molecule has 10 heteroatoms. The summed E-state index contributed by atoms with van der Waals surface area (Å²) in [5, 5.41) is 9.25. The number of carbonyl (C=O) groups excluding carboxylic acids is 1. The van der Waals surface area contributed by atoms with Crippen molar-refractivity contribution in [3.05, 3.63) is 76.1 Å². The quantitative estimate of drug-likeness (QED) is 0.316. The van der Waals surface area contributed by atoms with Crippen LogP contribution in [0, 0.1) is 38.3 Å². The molecule has 1 fully saturated rings. The molecule has 1 aliphatic rings. The van der Waals surface area contributed by atoms with Gasteiger partial charge in [0.1, 0.15) is 23.5 Å². The van der Waals surface area contributed by atoms with E-state index in [1.54, 1.807) is 25.5 Å². The molecule has 1 saturated carbocycles. The van der Waals surface area contributed by atoms with Gasteiger partial charge in [-0.15, -0.1) is 0 Å². The van der Waals surface area contributed by atoms with Crippen molar-refractivity contribution >= 4 is 5.97 Å². The Morgan fingerprint density at radius 1 is 1.11 bits per heavy atom. The molecule has 192 valence electrons. The monoisotopic (exact) mass is 506 g/mol. The van der Waals surface area contributed by atoms with E-state index in [1.807, 2.05) is 17.7 Å². The molecule has 37 heavy (non-hydrogen) atoms. The minimum atomic E-state index is -0.642. The van der Waals surface area contributed by atoms with Gasteiger partial charge in [0, 0.05) is 36.4 Å². The number of nitrogens with zero attached hydrogens (tertiary/aromatic N) is 6. The van der Waals surface area contributed by atoms with Crippen LogP contribution in [0.4, 0.5) is 8.78 Å². The third-order valence-electron chi connectivity index (χ3n) is 6.68. The van der Waals surface area contributed by atoms with Crippen LogP contribution < -0.4 is 0 Å². The van der Waals surface area contributed by atoms with Gasteiger partial charge >= 0.3 is 5.97 Å². The first-order valence-electron chi connectivity index (χ1n) is 12.3. The van der Waals surface area contributed by atoms with Crippen LogP contribution in [-0.4, -0.2) is 42.1 Å². The SMILES string of the molecule is CCOC(=O)c1c(C)nn(-c2cc(Cc3c(C)c(-c4ccc(F)cc4F)nn3CC3CC3)ncn2)c1C. The molecule has 0 radical (unpaired) electrons. The first-order chi connectivity index (χ1) is 17.8. The lowest BCUT2D eigenvalue weighted by Crippen LogP contribution is -2.10. The summed E-state index contributed by atoms with van der Waals surface area (Å²) in [5.41, 5.74) is 4.84. The van der Waals surface area contributed by atoms with E-state index in [4.69, 9.17) is 9.84 Å². The number of halogens is 2. The lowest BCUT2D eigenvalue weighted by Gasteiger charge is -2.09. The van der Waals surface area contributed by atoms with E-state index in [0.29, 0.717) is 40.8 Å². The fourth-order valence-corrected chi connectivity index (χ4v) is 4.58. The lowest BCUT2D eigenvalue weighted by atomic mass is 10.0. The summed E-state index contributed by atoms with van der Waals surface area (Å²) in [7, 11) is 0. The number of esters is 1. The van der Waals surface area contributed by atoms with Crippen LogP contribution in [0.1, 0.15) is 58.5 Å². The number of aromatic nitrogens is 6. The van der Waals surface area contributed by atoms with Crippen LogP contribution in [0.25, 0.3) is 17.1 Å². The summed E-state index contributed by atoms with van der Waals surface area (Å²) in [6.07, 6.45) is 4.17. The molecule has 0 unspecified atom stereocenters. The Labute approximate surface area is 213 Å². The minimum Gasteiger partial charge on any atom is -0.462 e. The van der Waals surface area contributed by atoms with Gasteiger partial charge in [-0.2, -0.15) is 10.2 Å². The highest BCUT2D eigenvalue weighted by molar-refractivity contribution is 5.92. The summed E-state index contributed by atoms with van der Waals surface area (Å²) >= 11 is 0. The van der Waals surface area contributed by atoms with E-state index in [0.717, 1.165) is 42.4 Å². The second-order valence-electron chi connectivity index (χ2n) is 9.39. The highest BCUT2D eigenvalue weighted by Gasteiger charge is 2.27. The highest BCUT2D eigenvalue weighted by atomic mass is 19.1. The summed E-state index contributed by atoms with van der Waals surface area (Å²) in [5.74, 6) is -0.617. The Balaban J connectivity index is 1.51. The van der Waals surface area contributed by atoms with Gasteiger partial charge in [-0.3, -0.25) is 4.68 Å². The summed E-state index contributed by atoms with van der Waals surface area (Å²) in [4.78, 5) is 21.2. The molecule has 5 rings (SSSR count). The summed E-state index contributed by atoms with van der Waals surface area (Å²) < 4.78 is 36.9. The molecule has 0 N–H and O–H groups in total. The fourth-order valence-electron chi connectivity index (χ4n) is 4.58. The van der Waals surface area contributed by atoms with Gasteiger partial charge in [0.05, 0.1) is 29.4 Å². The van der Waals surface area contributed by atoms with Gasteiger partial charge in [0.25, 0.3) is 0 Å². The molecule has 0 spiro atoms.